The SMILES string of the molecule is CNC(=O)c1c(-c2ccc(Oc3ccc(F)cc3)cc2)oc2cc(N(CC(C)(C)O)S(C)(=O)=O)c(C3CC3)cc12. The minimum atomic E-state index is -3.74. The summed E-state index contributed by atoms with van der Waals surface area (Å²) < 4.78 is 52.2. The molecule has 4 aromatic rings. The van der Waals surface area contributed by atoms with E-state index in [-0.39, 0.29) is 24.2 Å². The number of carbonyl (C=O) groups is 1. The number of hydrogen-bond acceptors (Lipinski definition) is 6. The van der Waals surface area contributed by atoms with Crippen LogP contribution >= 0.6 is 0 Å². The van der Waals surface area contributed by atoms with Gasteiger partial charge in [0.15, 0.2) is 0 Å². The molecule has 1 saturated carbocycles. The molecule has 0 aliphatic heterocycles. The quantitative estimate of drug-likeness (QED) is 0.265. The lowest BCUT2D eigenvalue weighted by atomic mass is 10.00. The summed E-state index contributed by atoms with van der Waals surface area (Å²) in [7, 11) is -2.20. The molecule has 1 aliphatic rings. The lowest BCUT2D eigenvalue weighted by molar-refractivity contribution is 0.0908. The van der Waals surface area contributed by atoms with Gasteiger partial charge in [-0.15, -0.1) is 0 Å². The van der Waals surface area contributed by atoms with Crippen molar-refractivity contribution in [3.8, 4) is 22.8 Å². The smallest absolute Gasteiger partial charge is 0.255 e. The third-order valence-electron chi connectivity index (χ3n) is 6.67. The van der Waals surface area contributed by atoms with Crippen molar-refractivity contribution in [2.24, 2.45) is 0 Å². The molecule has 2 N–H and O–H groups in total. The number of furan rings is 1. The number of aliphatic hydroxyl groups is 1. The first kappa shape index (κ1) is 27.7. The van der Waals surface area contributed by atoms with Crippen molar-refractivity contribution in [1.82, 2.24) is 5.32 Å². The summed E-state index contributed by atoms with van der Waals surface area (Å²) in [4.78, 5) is 13.1. The largest absolute Gasteiger partial charge is 0.457 e. The molecule has 3 aromatic carbocycles. The molecule has 1 aromatic heterocycles. The fourth-order valence-corrected chi connectivity index (χ4v) is 5.75. The Balaban J connectivity index is 1.62. The molecule has 1 amide bonds. The third-order valence-corrected chi connectivity index (χ3v) is 7.80. The van der Waals surface area contributed by atoms with E-state index in [1.807, 2.05) is 6.07 Å². The van der Waals surface area contributed by atoms with Crippen LogP contribution in [0, 0.1) is 5.82 Å². The predicted octanol–water partition coefficient (Wildman–Crippen LogP) is 5.81. The first-order chi connectivity index (χ1) is 18.8. The van der Waals surface area contributed by atoms with Crippen molar-refractivity contribution in [3.63, 3.8) is 0 Å². The Bertz CT molecular complexity index is 1670. The van der Waals surface area contributed by atoms with Crippen LogP contribution in [-0.4, -0.2) is 44.9 Å². The number of sulfonamides is 1. The summed E-state index contributed by atoms with van der Waals surface area (Å²) in [6.07, 6.45) is 2.90. The van der Waals surface area contributed by atoms with E-state index in [1.165, 1.54) is 35.6 Å². The zero-order chi connectivity index (χ0) is 28.8. The van der Waals surface area contributed by atoms with Crippen LogP contribution in [0.5, 0.6) is 11.5 Å². The van der Waals surface area contributed by atoms with Crippen molar-refractivity contribution in [2.75, 3.05) is 24.2 Å². The standard InChI is InChI=1S/C30H31FN2O6S/c1-30(2,35)17-33(40(4,36)37)25-16-26-24(15-23(25)18-5-6-18)27(29(34)32-3)28(39-26)19-7-11-21(12-8-19)38-22-13-9-20(31)10-14-22/h7-16,18,35H,5-6,17H2,1-4H3,(H,32,34). The molecule has 0 saturated heterocycles. The highest BCUT2D eigenvalue weighted by Crippen LogP contribution is 2.48. The average Bonchev–Trinajstić information content (AvgIpc) is 3.67. The fourth-order valence-electron chi connectivity index (χ4n) is 4.69. The van der Waals surface area contributed by atoms with Gasteiger partial charge >= 0.3 is 0 Å². The van der Waals surface area contributed by atoms with Crippen LogP contribution in [0.2, 0.25) is 0 Å². The molecular weight excluding hydrogens is 535 g/mol. The fraction of sp³-hybridized carbons (Fsp3) is 0.300. The molecule has 1 heterocycles. The maximum absolute atomic E-state index is 13.2. The normalized spacial score (nSPS) is 13.8. The van der Waals surface area contributed by atoms with Gasteiger partial charge in [-0.2, -0.15) is 0 Å². The molecule has 1 aliphatic carbocycles. The minimum Gasteiger partial charge on any atom is -0.457 e. The van der Waals surface area contributed by atoms with Crippen molar-refractivity contribution in [3.05, 3.63) is 77.6 Å². The molecule has 0 radical (unpaired) electrons. The van der Waals surface area contributed by atoms with E-state index < -0.39 is 15.6 Å². The number of nitrogens with one attached hydrogen (secondary N) is 1. The number of carbonyl (C=O) groups excluding carboxylic acids is 1. The number of fused-ring (bicyclic) bond motifs is 1. The van der Waals surface area contributed by atoms with Gasteiger partial charge in [-0.05, 0) is 92.8 Å². The Morgan fingerprint density at radius 3 is 2.23 bits per heavy atom. The first-order valence-corrected chi connectivity index (χ1v) is 14.8. The predicted molar refractivity (Wildman–Crippen MR) is 152 cm³/mol. The molecular formula is C30H31FN2O6S. The molecule has 0 spiro atoms. The summed E-state index contributed by atoms with van der Waals surface area (Å²) >= 11 is 0. The maximum atomic E-state index is 13.2. The Hall–Kier alpha value is -3.89. The number of anilines is 1. The van der Waals surface area contributed by atoms with Gasteiger partial charge in [0.05, 0.1) is 29.7 Å². The summed E-state index contributed by atoms with van der Waals surface area (Å²) in [6, 6.07) is 16.1. The van der Waals surface area contributed by atoms with Gasteiger partial charge in [0.2, 0.25) is 10.0 Å². The van der Waals surface area contributed by atoms with Gasteiger partial charge in [0.1, 0.15) is 28.7 Å². The van der Waals surface area contributed by atoms with Crippen LogP contribution < -0.4 is 14.4 Å². The van der Waals surface area contributed by atoms with Crippen LogP contribution in [0.15, 0.2) is 65.1 Å². The number of amides is 1. The third kappa shape index (κ3) is 5.83. The topological polar surface area (TPSA) is 109 Å². The van der Waals surface area contributed by atoms with Gasteiger partial charge in [0, 0.05) is 24.1 Å². The summed E-state index contributed by atoms with van der Waals surface area (Å²) in [5, 5.41) is 13.7. The molecule has 8 nitrogen and oxygen atoms in total. The highest BCUT2D eigenvalue weighted by atomic mass is 32.2. The molecule has 0 unspecified atom stereocenters. The number of benzene rings is 3. The molecule has 10 heteroatoms. The zero-order valence-corrected chi connectivity index (χ0v) is 23.5. The summed E-state index contributed by atoms with van der Waals surface area (Å²) in [5.74, 6) is 0.764. The van der Waals surface area contributed by atoms with Gasteiger partial charge in [-0.25, -0.2) is 12.8 Å². The van der Waals surface area contributed by atoms with E-state index in [4.69, 9.17) is 9.15 Å². The van der Waals surface area contributed by atoms with Crippen LogP contribution in [0.25, 0.3) is 22.3 Å². The monoisotopic (exact) mass is 566 g/mol. The number of halogens is 1. The van der Waals surface area contributed by atoms with E-state index >= 15 is 0 Å². The van der Waals surface area contributed by atoms with Crippen molar-refractivity contribution >= 4 is 32.6 Å². The molecule has 1 fully saturated rings. The van der Waals surface area contributed by atoms with Crippen LogP contribution in [0.4, 0.5) is 10.1 Å². The molecule has 0 bridgehead atoms. The van der Waals surface area contributed by atoms with Crippen molar-refractivity contribution < 1.29 is 31.9 Å². The molecule has 5 rings (SSSR count). The number of ether oxygens (including phenoxy) is 1. The van der Waals surface area contributed by atoms with Crippen molar-refractivity contribution in [2.45, 2.75) is 38.2 Å². The molecule has 40 heavy (non-hydrogen) atoms. The van der Waals surface area contributed by atoms with E-state index in [0.717, 1.165) is 24.7 Å². The first-order valence-electron chi connectivity index (χ1n) is 12.9. The Kier molecular flexibility index (Phi) is 7.09. The van der Waals surface area contributed by atoms with E-state index in [0.29, 0.717) is 45.0 Å². The summed E-state index contributed by atoms with van der Waals surface area (Å²) in [5.41, 5.74) is 1.26. The Morgan fingerprint density at radius 2 is 1.70 bits per heavy atom. The second-order valence-electron chi connectivity index (χ2n) is 10.7. The van der Waals surface area contributed by atoms with E-state index in [2.05, 4.69) is 5.32 Å². The number of nitrogens with zero attached hydrogens (tertiary/aromatic N) is 1. The second kappa shape index (κ2) is 10.3. The van der Waals surface area contributed by atoms with Gasteiger partial charge < -0.3 is 19.6 Å². The van der Waals surface area contributed by atoms with Crippen molar-refractivity contribution in [1.29, 1.82) is 0 Å². The van der Waals surface area contributed by atoms with Gasteiger partial charge in [-0.3, -0.25) is 9.10 Å². The zero-order valence-electron chi connectivity index (χ0n) is 22.7. The number of hydrogen-bond donors (Lipinski definition) is 2. The van der Waals surface area contributed by atoms with Crippen LogP contribution in [0.1, 0.15) is 48.5 Å². The molecule has 210 valence electrons. The van der Waals surface area contributed by atoms with Gasteiger partial charge in [0.25, 0.3) is 5.91 Å². The van der Waals surface area contributed by atoms with Gasteiger partial charge in [-0.1, -0.05) is 0 Å². The maximum Gasteiger partial charge on any atom is 0.255 e. The Labute approximate surface area is 232 Å². The average molecular weight is 567 g/mol. The number of rotatable bonds is 9. The Morgan fingerprint density at radius 1 is 1.10 bits per heavy atom. The lowest BCUT2D eigenvalue weighted by Crippen LogP contribution is -2.42. The highest BCUT2D eigenvalue weighted by Gasteiger charge is 2.34. The molecule has 0 atom stereocenters. The minimum absolute atomic E-state index is 0.136. The second-order valence-corrected chi connectivity index (χ2v) is 12.6. The van der Waals surface area contributed by atoms with E-state index in [9.17, 15) is 22.7 Å². The van der Waals surface area contributed by atoms with Crippen LogP contribution in [0.3, 0.4) is 0 Å². The van der Waals surface area contributed by atoms with E-state index in [1.54, 1.807) is 44.2 Å². The highest BCUT2D eigenvalue weighted by molar-refractivity contribution is 7.92. The lowest BCUT2D eigenvalue weighted by Gasteiger charge is -2.30. The van der Waals surface area contributed by atoms with Crippen LogP contribution in [-0.2, 0) is 10.0 Å². The summed E-state index contributed by atoms with van der Waals surface area (Å²) in [6.45, 7) is 2.97.